The van der Waals surface area contributed by atoms with Crippen molar-refractivity contribution in [3.05, 3.63) is 59.7 Å². The molecule has 3 heteroatoms. The molecule has 0 N–H and O–H groups in total. The highest BCUT2D eigenvalue weighted by Gasteiger charge is 2.03. The smallest absolute Gasteiger partial charge is 0.526 e. The molecule has 2 aromatic rings. The molecule has 0 bridgehead atoms. The lowest BCUT2D eigenvalue weighted by molar-refractivity contribution is 0.458. The minimum Gasteiger partial charge on any atom is -0.526 e. The van der Waals surface area contributed by atoms with Crippen molar-refractivity contribution in [2.45, 2.75) is 104 Å². The maximum atomic E-state index is 5.63. The van der Waals surface area contributed by atoms with E-state index in [0.717, 1.165) is 24.3 Å². The van der Waals surface area contributed by atoms with Crippen molar-refractivity contribution >= 4 is 7.69 Å². The highest BCUT2D eigenvalue weighted by molar-refractivity contribution is 6.20. The first-order valence-corrected chi connectivity index (χ1v) is 12.6. The van der Waals surface area contributed by atoms with Gasteiger partial charge in [0, 0.05) is 0 Å². The van der Waals surface area contributed by atoms with Gasteiger partial charge in [0.2, 0.25) is 0 Å². The molecule has 0 fully saturated rings. The summed E-state index contributed by atoms with van der Waals surface area (Å²) < 4.78 is 11.3. The van der Waals surface area contributed by atoms with Crippen molar-refractivity contribution in [3.8, 4) is 11.5 Å². The monoisotopic (exact) mass is 421 g/mol. The Morgan fingerprint density at radius 1 is 0.484 bits per heavy atom. The van der Waals surface area contributed by atoms with E-state index in [9.17, 15) is 0 Å². The molecule has 0 saturated carbocycles. The summed E-state index contributed by atoms with van der Waals surface area (Å²) in [6.07, 6.45) is 18.3. The molecule has 31 heavy (non-hydrogen) atoms. The Hall–Kier alpha value is -1.90. The van der Waals surface area contributed by atoms with Gasteiger partial charge in [-0.15, -0.1) is 0 Å². The van der Waals surface area contributed by atoms with E-state index in [-0.39, 0.29) is 0 Å². The largest absolute Gasteiger partial charge is 0.658 e. The molecule has 1 radical (unpaired) electrons. The Bertz CT molecular complexity index is 607. The maximum Gasteiger partial charge on any atom is 0.658 e. The zero-order valence-electron chi connectivity index (χ0n) is 19.9. The zero-order valence-corrected chi connectivity index (χ0v) is 19.9. The minimum absolute atomic E-state index is 0.811. The van der Waals surface area contributed by atoms with E-state index in [1.54, 1.807) is 0 Å². The first kappa shape index (κ1) is 25.4. The first-order valence-electron chi connectivity index (χ1n) is 12.6. The van der Waals surface area contributed by atoms with Crippen LogP contribution in [-0.4, -0.2) is 7.69 Å². The lowest BCUT2D eigenvalue weighted by Crippen LogP contribution is -2.10. The molecule has 0 spiro atoms. The van der Waals surface area contributed by atoms with Crippen LogP contribution in [0.3, 0.4) is 0 Å². The van der Waals surface area contributed by atoms with Gasteiger partial charge in [-0.25, -0.2) is 0 Å². The average molecular weight is 421 g/mol. The summed E-state index contributed by atoms with van der Waals surface area (Å²) in [4.78, 5) is 0. The first-order chi connectivity index (χ1) is 15.3. The highest BCUT2D eigenvalue weighted by Crippen LogP contribution is 2.17. The van der Waals surface area contributed by atoms with Crippen LogP contribution in [0, 0.1) is 0 Å². The number of unbranched alkanes of at least 4 members (excludes halogenated alkanes) is 10. The molecule has 0 atom stereocenters. The molecule has 0 aliphatic carbocycles. The maximum absolute atomic E-state index is 5.63. The summed E-state index contributed by atoms with van der Waals surface area (Å²) in [6, 6.07) is 16.7. The SMILES string of the molecule is CCCCCCCCc1ccc(O[B]Oc2ccc(CCCCCCCC)cc2)cc1. The second-order valence-electron chi connectivity index (χ2n) is 8.66. The van der Waals surface area contributed by atoms with Crippen LogP contribution in [0.4, 0.5) is 0 Å². The zero-order chi connectivity index (χ0) is 22.0. The summed E-state index contributed by atoms with van der Waals surface area (Å²) in [5.41, 5.74) is 2.76. The van der Waals surface area contributed by atoms with Gasteiger partial charge in [-0.2, -0.15) is 0 Å². The average Bonchev–Trinajstić information content (AvgIpc) is 2.80. The predicted molar refractivity (Wildman–Crippen MR) is 134 cm³/mol. The number of aryl methyl sites for hydroxylation is 2. The van der Waals surface area contributed by atoms with Crippen molar-refractivity contribution in [2.75, 3.05) is 0 Å². The Morgan fingerprint density at radius 2 is 0.839 bits per heavy atom. The van der Waals surface area contributed by atoms with Crippen molar-refractivity contribution < 1.29 is 9.31 Å². The molecule has 0 amide bonds. The molecule has 0 aliphatic rings. The van der Waals surface area contributed by atoms with Gasteiger partial charge >= 0.3 is 7.69 Å². The molecule has 169 valence electrons. The molecule has 0 aromatic heterocycles. The summed E-state index contributed by atoms with van der Waals surface area (Å²) in [6.45, 7) is 4.53. The standard InChI is InChI=1S/C28H42BO2/c1-3-5-7-9-11-13-15-25-17-21-27(22-18-25)30-29-31-28-23-19-26(20-24-28)16-14-12-10-8-6-4-2/h17-24H,3-16H2,1-2H3. The molecular weight excluding hydrogens is 379 g/mol. The second kappa shape index (κ2) is 16.8. The van der Waals surface area contributed by atoms with Crippen LogP contribution in [0.1, 0.15) is 102 Å². The molecule has 0 aliphatic heterocycles. The lowest BCUT2D eigenvalue weighted by Gasteiger charge is -2.08. The van der Waals surface area contributed by atoms with E-state index in [1.165, 1.54) is 95.9 Å². The van der Waals surface area contributed by atoms with Crippen molar-refractivity contribution in [1.29, 1.82) is 0 Å². The van der Waals surface area contributed by atoms with Crippen molar-refractivity contribution in [1.82, 2.24) is 0 Å². The van der Waals surface area contributed by atoms with Gasteiger partial charge in [-0.3, -0.25) is 0 Å². The Labute approximate surface area is 192 Å². The van der Waals surface area contributed by atoms with Crippen LogP contribution in [0.2, 0.25) is 0 Å². The third-order valence-electron chi connectivity index (χ3n) is 5.85. The number of hydrogen-bond acceptors (Lipinski definition) is 2. The molecule has 0 saturated heterocycles. The van der Waals surface area contributed by atoms with E-state index in [0.29, 0.717) is 0 Å². The number of hydrogen-bond donors (Lipinski definition) is 0. The van der Waals surface area contributed by atoms with Crippen LogP contribution in [-0.2, 0) is 12.8 Å². The van der Waals surface area contributed by atoms with E-state index in [1.807, 2.05) is 24.3 Å². The van der Waals surface area contributed by atoms with E-state index in [4.69, 9.17) is 9.31 Å². The van der Waals surface area contributed by atoms with Crippen LogP contribution in [0.5, 0.6) is 11.5 Å². The van der Waals surface area contributed by atoms with Gasteiger partial charge in [-0.05, 0) is 61.1 Å². The number of benzene rings is 2. The van der Waals surface area contributed by atoms with Crippen LogP contribution in [0.15, 0.2) is 48.5 Å². The molecule has 2 rings (SSSR count). The van der Waals surface area contributed by atoms with Crippen molar-refractivity contribution in [3.63, 3.8) is 0 Å². The van der Waals surface area contributed by atoms with Gasteiger partial charge in [0.1, 0.15) is 11.5 Å². The molecule has 2 aromatic carbocycles. The summed E-state index contributed by atoms with van der Waals surface area (Å²) in [7, 11) is 1.42. The normalized spacial score (nSPS) is 10.8. The van der Waals surface area contributed by atoms with E-state index < -0.39 is 0 Å². The quantitative estimate of drug-likeness (QED) is 0.177. The summed E-state index contributed by atoms with van der Waals surface area (Å²) in [5, 5.41) is 0. The van der Waals surface area contributed by atoms with Gasteiger partial charge in [0.05, 0.1) is 0 Å². The van der Waals surface area contributed by atoms with Gasteiger partial charge in [0.25, 0.3) is 0 Å². The topological polar surface area (TPSA) is 18.5 Å². The molecule has 0 unspecified atom stereocenters. The number of rotatable bonds is 18. The molecule has 0 heterocycles. The van der Waals surface area contributed by atoms with E-state index >= 15 is 0 Å². The fourth-order valence-electron chi connectivity index (χ4n) is 3.82. The van der Waals surface area contributed by atoms with Crippen LogP contribution >= 0.6 is 0 Å². The Kier molecular flexibility index (Phi) is 13.7. The highest BCUT2D eigenvalue weighted by atomic mass is 16.6. The summed E-state index contributed by atoms with van der Waals surface area (Å²) >= 11 is 0. The fraction of sp³-hybridized carbons (Fsp3) is 0.571. The summed E-state index contributed by atoms with van der Waals surface area (Å²) in [5.74, 6) is 1.62. The predicted octanol–water partition coefficient (Wildman–Crippen LogP) is 8.48. The molecular formula is C28H42BO2. The van der Waals surface area contributed by atoms with Gasteiger partial charge in [-0.1, -0.05) is 102 Å². The second-order valence-corrected chi connectivity index (χ2v) is 8.66. The van der Waals surface area contributed by atoms with Crippen molar-refractivity contribution in [2.24, 2.45) is 0 Å². The lowest BCUT2D eigenvalue weighted by atomic mass is 10.0. The Balaban J connectivity index is 1.57. The third-order valence-corrected chi connectivity index (χ3v) is 5.85. The van der Waals surface area contributed by atoms with Gasteiger partial charge in [0.15, 0.2) is 0 Å². The van der Waals surface area contributed by atoms with Gasteiger partial charge < -0.3 is 9.31 Å². The van der Waals surface area contributed by atoms with Crippen LogP contribution in [0.25, 0.3) is 0 Å². The minimum atomic E-state index is 0.811. The third kappa shape index (κ3) is 11.9. The molecule has 2 nitrogen and oxygen atoms in total. The van der Waals surface area contributed by atoms with Crippen LogP contribution < -0.4 is 9.31 Å². The fourth-order valence-corrected chi connectivity index (χ4v) is 3.82. The van der Waals surface area contributed by atoms with E-state index in [2.05, 4.69) is 38.1 Å². The Morgan fingerprint density at radius 3 is 1.23 bits per heavy atom.